The number of halogens is 2. The van der Waals surface area contributed by atoms with Crippen molar-refractivity contribution in [3.05, 3.63) is 63.1 Å². The number of nitrogens with zero attached hydrogens (tertiary/aromatic N) is 1. The fourth-order valence-electron chi connectivity index (χ4n) is 2.11. The Morgan fingerprint density at radius 2 is 2.00 bits per heavy atom. The zero-order chi connectivity index (χ0) is 14.7. The average Bonchev–Trinajstić information content (AvgIpc) is 2.38. The second-order valence-corrected chi connectivity index (χ2v) is 6.28. The van der Waals surface area contributed by atoms with Crippen LogP contribution < -0.4 is 10.6 Å². The molecule has 2 aromatic rings. The van der Waals surface area contributed by atoms with Crippen molar-refractivity contribution in [2.75, 3.05) is 11.9 Å². The van der Waals surface area contributed by atoms with Crippen molar-refractivity contribution in [1.29, 1.82) is 0 Å². The van der Waals surface area contributed by atoms with E-state index in [2.05, 4.69) is 52.1 Å². The van der Waals surface area contributed by atoms with Crippen LogP contribution in [-0.4, -0.2) is 7.05 Å². The summed E-state index contributed by atoms with van der Waals surface area (Å²) in [6.45, 7) is 2.79. The van der Waals surface area contributed by atoms with E-state index in [0.717, 1.165) is 27.3 Å². The van der Waals surface area contributed by atoms with Gasteiger partial charge in [-0.25, -0.2) is 0 Å². The Morgan fingerprint density at radius 3 is 2.60 bits per heavy atom. The third-order valence-electron chi connectivity index (χ3n) is 3.22. The first-order chi connectivity index (χ1) is 9.47. The van der Waals surface area contributed by atoms with Crippen LogP contribution in [0.2, 0.25) is 5.02 Å². The van der Waals surface area contributed by atoms with Crippen molar-refractivity contribution >= 4 is 33.2 Å². The average molecular weight is 354 g/mol. The molecular weight excluding hydrogens is 336 g/mol. The second kappa shape index (κ2) is 6.61. The van der Waals surface area contributed by atoms with Crippen molar-refractivity contribution in [1.82, 2.24) is 0 Å². The summed E-state index contributed by atoms with van der Waals surface area (Å²) in [5, 5.41) is 0.766. The molecule has 0 fully saturated rings. The Labute approximate surface area is 133 Å². The number of benzene rings is 2. The van der Waals surface area contributed by atoms with Crippen LogP contribution in [0.5, 0.6) is 0 Å². The van der Waals surface area contributed by atoms with Gasteiger partial charge in [0.1, 0.15) is 0 Å². The van der Waals surface area contributed by atoms with E-state index in [-0.39, 0.29) is 6.04 Å². The number of hydrogen-bond acceptors (Lipinski definition) is 2. The van der Waals surface area contributed by atoms with E-state index < -0.39 is 0 Å². The molecule has 0 saturated heterocycles. The summed E-state index contributed by atoms with van der Waals surface area (Å²) in [6.07, 6.45) is 0. The molecule has 20 heavy (non-hydrogen) atoms. The van der Waals surface area contributed by atoms with Gasteiger partial charge in [-0.3, -0.25) is 0 Å². The van der Waals surface area contributed by atoms with Crippen molar-refractivity contribution in [3.63, 3.8) is 0 Å². The summed E-state index contributed by atoms with van der Waals surface area (Å²) < 4.78 is 1.05. The smallest absolute Gasteiger partial charge is 0.0511 e. The molecule has 0 spiro atoms. The van der Waals surface area contributed by atoms with Gasteiger partial charge in [0.05, 0.1) is 5.69 Å². The van der Waals surface area contributed by atoms with E-state index in [0.29, 0.717) is 0 Å². The van der Waals surface area contributed by atoms with Gasteiger partial charge in [-0.2, -0.15) is 0 Å². The van der Waals surface area contributed by atoms with Crippen LogP contribution in [0.3, 0.4) is 0 Å². The summed E-state index contributed by atoms with van der Waals surface area (Å²) >= 11 is 9.64. The minimum atomic E-state index is 0.0404. The zero-order valence-corrected chi connectivity index (χ0v) is 13.9. The second-order valence-electron chi connectivity index (χ2n) is 4.99. The molecule has 4 heteroatoms. The monoisotopic (exact) mass is 352 g/mol. The van der Waals surface area contributed by atoms with Gasteiger partial charge in [0.15, 0.2) is 0 Å². The number of nitrogens with two attached hydrogens (primary N) is 1. The molecule has 2 N–H and O–H groups in total. The Hall–Kier alpha value is -1.03. The first-order valence-electron chi connectivity index (χ1n) is 6.48. The molecule has 2 aromatic carbocycles. The fourth-order valence-corrected chi connectivity index (χ4v) is 3.02. The molecule has 0 radical (unpaired) electrons. The topological polar surface area (TPSA) is 29.3 Å². The lowest BCUT2D eigenvalue weighted by molar-refractivity contribution is 0.816. The highest BCUT2D eigenvalue weighted by atomic mass is 79.9. The first kappa shape index (κ1) is 15.4. The molecule has 0 saturated carbocycles. The number of hydrogen-bond donors (Lipinski definition) is 1. The molecular formula is C16H18BrClN2. The third-order valence-corrected chi connectivity index (χ3v) is 4.09. The van der Waals surface area contributed by atoms with Gasteiger partial charge in [-0.1, -0.05) is 29.8 Å². The molecule has 0 amide bonds. The largest absolute Gasteiger partial charge is 0.369 e. The molecule has 2 nitrogen and oxygen atoms in total. The Balaban J connectivity index is 2.19. The summed E-state index contributed by atoms with van der Waals surface area (Å²) in [5.41, 5.74) is 9.34. The maximum atomic E-state index is 6.02. The van der Waals surface area contributed by atoms with Crippen molar-refractivity contribution in [2.45, 2.75) is 19.5 Å². The highest BCUT2D eigenvalue weighted by molar-refractivity contribution is 9.10. The normalized spacial score (nSPS) is 12.2. The van der Waals surface area contributed by atoms with Gasteiger partial charge >= 0.3 is 0 Å². The lowest BCUT2D eigenvalue weighted by atomic mass is 10.1. The summed E-state index contributed by atoms with van der Waals surface area (Å²) in [4.78, 5) is 2.18. The van der Waals surface area contributed by atoms with Crippen LogP contribution in [0.4, 0.5) is 5.69 Å². The Kier molecular flexibility index (Phi) is 5.08. The quantitative estimate of drug-likeness (QED) is 0.858. The fraction of sp³-hybridized carbons (Fsp3) is 0.250. The van der Waals surface area contributed by atoms with Crippen LogP contribution in [0, 0.1) is 0 Å². The van der Waals surface area contributed by atoms with Gasteiger partial charge in [0.25, 0.3) is 0 Å². The van der Waals surface area contributed by atoms with Crippen LogP contribution in [0.25, 0.3) is 0 Å². The highest BCUT2D eigenvalue weighted by Gasteiger charge is 2.09. The standard InChI is InChI=1S/C16H18BrClN2/c1-11(19)13-6-7-16(15(17)9-13)20(2)10-12-4-3-5-14(18)8-12/h3-9,11H,10,19H2,1-2H3/t11-/m0/s1. The first-order valence-corrected chi connectivity index (χ1v) is 7.65. The lowest BCUT2D eigenvalue weighted by Gasteiger charge is -2.22. The zero-order valence-electron chi connectivity index (χ0n) is 11.6. The molecule has 0 bridgehead atoms. The maximum absolute atomic E-state index is 6.02. The molecule has 0 heterocycles. The van der Waals surface area contributed by atoms with Crippen LogP contribution in [0.1, 0.15) is 24.1 Å². The summed E-state index contributed by atoms with van der Waals surface area (Å²) in [7, 11) is 2.06. The van der Waals surface area contributed by atoms with E-state index in [9.17, 15) is 0 Å². The van der Waals surface area contributed by atoms with E-state index in [1.54, 1.807) is 0 Å². The number of anilines is 1. The maximum Gasteiger partial charge on any atom is 0.0511 e. The van der Waals surface area contributed by atoms with Gasteiger partial charge in [-0.15, -0.1) is 0 Å². The minimum Gasteiger partial charge on any atom is -0.369 e. The van der Waals surface area contributed by atoms with Gasteiger partial charge in [0.2, 0.25) is 0 Å². The number of rotatable bonds is 4. The summed E-state index contributed by atoms with van der Waals surface area (Å²) in [5.74, 6) is 0. The molecule has 2 rings (SSSR count). The Bertz CT molecular complexity index is 599. The molecule has 0 aliphatic heterocycles. The van der Waals surface area contributed by atoms with Crippen LogP contribution in [0.15, 0.2) is 46.9 Å². The van der Waals surface area contributed by atoms with Gasteiger partial charge in [0, 0.05) is 29.1 Å². The third kappa shape index (κ3) is 3.75. The molecule has 1 atom stereocenters. The van der Waals surface area contributed by atoms with E-state index in [1.807, 2.05) is 25.1 Å². The predicted molar refractivity (Wildman–Crippen MR) is 90.3 cm³/mol. The van der Waals surface area contributed by atoms with Crippen molar-refractivity contribution < 1.29 is 0 Å². The van der Waals surface area contributed by atoms with Gasteiger partial charge in [-0.05, 0) is 58.2 Å². The molecule has 106 valence electrons. The lowest BCUT2D eigenvalue weighted by Crippen LogP contribution is -2.17. The van der Waals surface area contributed by atoms with Crippen molar-refractivity contribution in [3.8, 4) is 0 Å². The minimum absolute atomic E-state index is 0.0404. The molecule has 0 aromatic heterocycles. The molecule has 0 aliphatic rings. The van der Waals surface area contributed by atoms with Gasteiger partial charge < -0.3 is 10.6 Å². The van der Waals surface area contributed by atoms with E-state index in [4.69, 9.17) is 17.3 Å². The highest BCUT2D eigenvalue weighted by Crippen LogP contribution is 2.29. The molecule has 0 aliphatic carbocycles. The van der Waals surface area contributed by atoms with Crippen LogP contribution >= 0.6 is 27.5 Å². The SMILES string of the molecule is C[C@H](N)c1ccc(N(C)Cc2cccc(Cl)c2)c(Br)c1. The van der Waals surface area contributed by atoms with E-state index in [1.165, 1.54) is 5.56 Å². The Morgan fingerprint density at radius 1 is 1.25 bits per heavy atom. The summed E-state index contributed by atoms with van der Waals surface area (Å²) in [6, 6.07) is 14.2. The molecule has 0 unspecified atom stereocenters. The predicted octanol–water partition coefficient (Wildman–Crippen LogP) is 4.76. The van der Waals surface area contributed by atoms with Crippen LogP contribution in [-0.2, 0) is 6.54 Å². The van der Waals surface area contributed by atoms with E-state index >= 15 is 0 Å². The van der Waals surface area contributed by atoms with Crippen molar-refractivity contribution in [2.24, 2.45) is 5.73 Å².